The Labute approximate surface area is 174 Å². The van der Waals surface area contributed by atoms with Crippen LogP contribution in [0.1, 0.15) is 18.4 Å². The molecule has 0 aliphatic carbocycles. The lowest BCUT2D eigenvalue weighted by atomic mass is 9.99. The lowest BCUT2D eigenvalue weighted by Crippen LogP contribution is -2.38. The zero-order valence-corrected chi connectivity index (χ0v) is 17.2. The number of aliphatic hydroxyl groups excluding tert-OH is 1. The molecule has 3 rings (SSSR count). The molecule has 1 aliphatic heterocycles. The highest BCUT2D eigenvalue weighted by Gasteiger charge is 2.28. The number of halogens is 4. The molecule has 0 radical (unpaired) electrons. The SMILES string of the molecule is OCC1CCCN(c2nc(NCc3cccc(Br)c3)nc(NCC(F)(F)F)n2)C1. The van der Waals surface area contributed by atoms with Gasteiger partial charge in [0.2, 0.25) is 17.8 Å². The number of nitrogens with zero attached hydrogens (tertiary/aromatic N) is 4. The van der Waals surface area contributed by atoms with Gasteiger partial charge in [0.25, 0.3) is 0 Å². The minimum atomic E-state index is -4.39. The van der Waals surface area contributed by atoms with Crippen molar-refractivity contribution in [3.63, 3.8) is 0 Å². The number of hydrogen-bond acceptors (Lipinski definition) is 7. The van der Waals surface area contributed by atoms with E-state index in [0.717, 1.165) is 22.9 Å². The summed E-state index contributed by atoms with van der Waals surface area (Å²) in [6.45, 7) is 0.436. The van der Waals surface area contributed by atoms with E-state index < -0.39 is 12.7 Å². The number of aromatic nitrogens is 3. The van der Waals surface area contributed by atoms with Crippen LogP contribution in [0.3, 0.4) is 0 Å². The van der Waals surface area contributed by atoms with Crippen LogP contribution in [0.4, 0.5) is 31.0 Å². The zero-order valence-electron chi connectivity index (χ0n) is 15.6. The quantitative estimate of drug-likeness (QED) is 0.566. The van der Waals surface area contributed by atoms with Gasteiger partial charge in [-0.3, -0.25) is 0 Å². The Morgan fingerprint density at radius 3 is 2.62 bits per heavy atom. The van der Waals surface area contributed by atoms with Crippen LogP contribution in [0.15, 0.2) is 28.7 Å². The van der Waals surface area contributed by atoms with E-state index >= 15 is 0 Å². The summed E-state index contributed by atoms with van der Waals surface area (Å²) >= 11 is 3.40. The second-order valence-electron chi connectivity index (χ2n) is 6.87. The van der Waals surface area contributed by atoms with Crippen LogP contribution in [0.25, 0.3) is 0 Å². The molecule has 7 nitrogen and oxygen atoms in total. The summed E-state index contributed by atoms with van der Waals surface area (Å²) in [5.41, 5.74) is 0.962. The molecule has 11 heteroatoms. The van der Waals surface area contributed by atoms with Gasteiger partial charge in [-0.2, -0.15) is 28.1 Å². The van der Waals surface area contributed by atoms with E-state index in [2.05, 4.69) is 41.5 Å². The van der Waals surface area contributed by atoms with Gasteiger partial charge in [-0.05, 0) is 36.5 Å². The third kappa shape index (κ3) is 6.70. The maximum atomic E-state index is 12.6. The number of benzene rings is 1. The first kappa shape index (κ1) is 21.6. The first-order valence-corrected chi connectivity index (χ1v) is 10.0. The fourth-order valence-corrected chi connectivity index (χ4v) is 3.51. The summed E-state index contributed by atoms with van der Waals surface area (Å²) in [5, 5.41) is 14.7. The molecule has 0 amide bonds. The summed E-state index contributed by atoms with van der Waals surface area (Å²) in [5.74, 6) is 0.422. The fraction of sp³-hybridized carbons (Fsp3) is 0.500. The van der Waals surface area contributed by atoms with Crippen LogP contribution in [0.5, 0.6) is 0 Å². The predicted molar refractivity (Wildman–Crippen MR) is 108 cm³/mol. The molecule has 1 aliphatic rings. The van der Waals surface area contributed by atoms with Crippen molar-refractivity contribution in [2.45, 2.75) is 25.6 Å². The van der Waals surface area contributed by atoms with Crippen molar-refractivity contribution in [1.29, 1.82) is 0 Å². The standard InChI is InChI=1S/C18H22BrF3N6O/c19-14-5-1-3-12(7-14)8-23-15-25-16(24-11-18(20,21)22)27-17(26-15)28-6-2-4-13(9-28)10-29/h1,3,5,7,13,29H,2,4,6,8-11H2,(H2,23,24,25,26,27). The molecule has 0 spiro atoms. The molecule has 29 heavy (non-hydrogen) atoms. The minimum absolute atomic E-state index is 0.0504. The van der Waals surface area contributed by atoms with Gasteiger partial charge in [-0.25, -0.2) is 0 Å². The van der Waals surface area contributed by atoms with Crippen LogP contribution in [0, 0.1) is 5.92 Å². The van der Waals surface area contributed by atoms with Gasteiger partial charge in [0.15, 0.2) is 0 Å². The first-order valence-electron chi connectivity index (χ1n) is 9.23. The Balaban J connectivity index is 1.79. The van der Waals surface area contributed by atoms with E-state index in [1.165, 1.54) is 0 Å². The van der Waals surface area contributed by atoms with E-state index in [9.17, 15) is 18.3 Å². The van der Waals surface area contributed by atoms with Crippen LogP contribution in [-0.4, -0.2) is 52.5 Å². The highest BCUT2D eigenvalue weighted by Crippen LogP contribution is 2.23. The number of nitrogens with one attached hydrogen (secondary N) is 2. The summed E-state index contributed by atoms with van der Waals surface area (Å²) < 4.78 is 38.7. The van der Waals surface area contributed by atoms with Crippen molar-refractivity contribution in [2.24, 2.45) is 5.92 Å². The molecule has 1 aromatic carbocycles. The van der Waals surface area contributed by atoms with Gasteiger partial charge >= 0.3 is 6.18 Å². The maximum Gasteiger partial charge on any atom is 0.405 e. The molecule has 3 N–H and O–H groups in total. The Kier molecular flexibility index (Phi) is 7.12. The second kappa shape index (κ2) is 9.57. The molecule has 1 fully saturated rings. The maximum absolute atomic E-state index is 12.6. The fourth-order valence-electron chi connectivity index (χ4n) is 3.07. The van der Waals surface area contributed by atoms with E-state index in [-0.39, 0.29) is 24.4 Å². The van der Waals surface area contributed by atoms with Gasteiger partial charge in [0, 0.05) is 30.7 Å². The highest BCUT2D eigenvalue weighted by atomic mass is 79.9. The summed E-state index contributed by atoms with van der Waals surface area (Å²) in [4.78, 5) is 14.5. The third-order valence-corrected chi connectivity index (χ3v) is 4.96. The van der Waals surface area contributed by atoms with E-state index in [4.69, 9.17) is 0 Å². The summed E-state index contributed by atoms with van der Waals surface area (Å²) in [6, 6.07) is 7.63. The normalized spacial score (nSPS) is 17.3. The van der Waals surface area contributed by atoms with E-state index in [1.54, 1.807) is 0 Å². The number of piperidine rings is 1. The average molecular weight is 475 g/mol. The van der Waals surface area contributed by atoms with Crippen LogP contribution >= 0.6 is 15.9 Å². The average Bonchev–Trinajstić information content (AvgIpc) is 2.70. The second-order valence-corrected chi connectivity index (χ2v) is 7.79. The van der Waals surface area contributed by atoms with Crippen molar-refractivity contribution < 1.29 is 18.3 Å². The molecular weight excluding hydrogens is 453 g/mol. The lowest BCUT2D eigenvalue weighted by molar-refractivity contribution is -0.115. The largest absolute Gasteiger partial charge is 0.405 e. The van der Waals surface area contributed by atoms with Gasteiger partial charge < -0.3 is 20.6 Å². The van der Waals surface area contributed by atoms with Crippen molar-refractivity contribution >= 4 is 33.8 Å². The summed E-state index contributed by atoms with van der Waals surface area (Å²) in [6.07, 6.45) is -2.64. The van der Waals surface area contributed by atoms with E-state index in [1.807, 2.05) is 29.2 Å². The molecule has 0 saturated carbocycles. The third-order valence-electron chi connectivity index (χ3n) is 4.47. The molecule has 158 valence electrons. The molecule has 1 atom stereocenters. The van der Waals surface area contributed by atoms with Crippen molar-refractivity contribution in [1.82, 2.24) is 15.0 Å². The Morgan fingerprint density at radius 2 is 1.93 bits per heavy atom. The Bertz CT molecular complexity index is 822. The molecule has 1 unspecified atom stereocenters. The molecule has 1 aromatic heterocycles. The number of aliphatic hydroxyl groups is 1. The van der Waals surface area contributed by atoms with Crippen LogP contribution in [0.2, 0.25) is 0 Å². The van der Waals surface area contributed by atoms with Gasteiger partial charge in [0.1, 0.15) is 6.54 Å². The first-order chi connectivity index (χ1) is 13.8. The number of rotatable bonds is 7. The molecule has 2 heterocycles. The highest BCUT2D eigenvalue weighted by molar-refractivity contribution is 9.10. The number of alkyl halides is 3. The Hall–Kier alpha value is -2.14. The molecule has 0 bridgehead atoms. The lowest BCUT2D eigenvalue weighted by Gasteiger charge is -2.32. The van der Waals surface area contributed by atoms with Crippen LogP contribution < -0.4 is 15.5 Å². The monoisotopic (exact) mass is 474 g/mol. The van der Waals surface area contributed by atoms with Gasteiger partial charge in [-0.15, -0.1) is 0 Å². The van der Waals surface area contributed by atoms with Crippen molar-refractivity contribution in [3.8, 4) is 0 Å². The molecule has 2 aromatic rings. The minimum Gasteiger partial charge on any atom is -0.396 e. The summed E-state index contributed by atoms with van der Waals surface area (Å²) in [7, 11) is 0. The van der Waals surface area contributed by atoms with Crippen molar-refractivity contribution in [3.05, 3.63) is 34.3 Å². The number of anilines is 3. The smallest absolute Gasteiger partial charge is 0.396 e. The number of hydrogen-bond donors (Lipinski definition) is 3. The van der Waals surface area contributed by atoms with Gasteiger partial charge in [0.05, 0.1) is 0 Å². The zero-order chi connectivity index (χ0) is 20.9. The molecular formula is C18H22BrF3N6O. The topological polar surface area (TPSA) is 86.2 Å². The molecule has 1 saturated heterocycles. The van der Waals surface area contributed by atoms with Crippen molar-refractivity contribution in [2.75, 3.05) is 41.8 Å². The van der Waals surface area contributed by atoms with E-state index in [0.29, 0.717) is 25.6 Å². The Morgan fingerprint density at radius 1 is 1.17 bits per heavy atom. The predicted octanol–water partition coefficient (Wildman–Crippen LogP) is 3.43. The van der Waals surface area contributed by atoms with Gasteiger partial charge in [-0.1, -0.05) is 28.1 Å². The van der Waals surface area contributed by atoms with Crippen LogP contribution in [-0.2, 0) is 6.54 Å².